The van der Waals surface area contributed by atoms with Gasteiger partial charge in [0, 0.05) is 10.7 Å². The maximum atomic E-state index is 11.2. The standard InChI is InChI=1S/C13H13ClN4O/c1-7-9(14)3-2-4-11(7)18-12-5-8(13(16)19)10(15)6-17-12/h2-6H,15H2,1H3,(H2,16,19)(H,17,18). The number of carbonyl (C=O) groups excluding carboxylic acids is 1. The highest BCUT2D eigenvalue weighted by Gasteiger charge is 2.09. The summed E-state index contributed by atoms with van der Waals surface area (Å²) in [5.74, 6) is -0.112. The largest absolute Gasteiger partial charge is 0.397 e. The van der Waals surface area contributed by atoms with Gasteiger partial charge in [-0.2, -0.15) is 0 Å². The Kier molecular flexibility index (Phi) is 3.57. The van der Waals surface area contributed by atoms with Crippen LogP contribution in [0.2, 0.25) is 5.02 Å². The number of carbonyl (C=O) groups is 1. The van der Waals surface area contributed by atoms with Crippen LogP contribution in [0.5, 0.6) is 0 Å². The van der Waals surface area contributed by atoms with Crippen molar-refractivity contribution in [1.29, 1.82) is 0 Å². The van der Waals surface area contributed by atoms with Crippen molar-refractivity contribution in [2.45, 2.75) is 6.92 Å². The van der Waals surface area contributed by atoms with E-state index in [1.54, 1.807) is 6.07 Å². The minimum absolute atomic E-state index is 0.234. The highest BCUT2D eigenvalue weighted by molar-refractivity contribution is 6.31. The lowest BCUT2D eigenvalue weighted by atomic mass is 10.2. The van der Waals surface area contributed by atoms with Gasteiger partial charge >= 0.3 is 0 Å². The molecule has 5 nitrogen and oxygen atoms in total. The Hall–Kier alpha value is -2.27. The van der Waals surface area contributed by atoms with Crippen LogP contribution < -0.4 is 16.8 Å². The Balaban J connectivity index is 2.36. The number of nitrogens with one attached hydrogen (secondary N) is 1. The summed E-state index contributed by atoms with van der Waals surface area (Å²) in [6, 6.07) is 7.00. The molecule has 0 saturated heterocycles. The van der Waals surface area contributed by atoms with Crippen LogP contribution >= 0.6 is 11.6 Å². The Morgan fingerprint density at radius 1 is 1.42 bits per heavy atom. The molecule has 0 spiro atoms. The van der Waals surface area contributed by atoms with Gasteiger partial charge in [0.25, 0.3) is 5.91 Å². The Morgan fingerprint density at radius 3 is 2.84 bits per heavy atom. The molecule has 0 atom stereocenters. The number of hydrogen-bond acceptors (Lipinski definition) is 4. The monoisotopic (exact) mass is 276 g/mol. The lowest BCUT2D eigenvalue weighted by Crippen LogP contribution is -2.14. The molecular formula is C13H13ClN4O. The molecule has 0 saturated carbocycles. The highest BCUT2D eigenvalue weighted by Crippen LogP contribution is 2.26. The molecule has 0 aliphatic rings. The number of benzene rings is 1. The predicted molar refractivity (Wildman–Crippen MR) is 76.6 cm³/mol. The molecule has 0 bridgehead atoms. The fraction of sp³-hybridized carbons (Fsp3) is 0.0769. The van der Waals surface area contributed by atoms with Crippen molar-refractivity contribution in [2.24, 2.45) is 5.73 Å². The number of amides is 1. The summed E-state index contributed by atoms with van der Waals surface area (Å²) < 4.78 is 0. The number of rotatable bonds is 3. The van der Waals surface area contributed by atoms with E-state index >= 15 is 0 Å². The summed E-state index contributed by atoms with van der Waals surface area (Å²) >= 11 is 6.03. The van der Waals surface area contributed by atoms with Crippen molar-refractivity contribution in [2.75, 3.05) is 11.1 Å². The van der Waals surface area contributed by atoms with Crippen molar-refractivity contribution in [3.63, 3.8) is 0 Å². The van der Waals surface area contributed by atoms with Crippen LogP contribution in [0, 0.1) is 6.92 Å². The average Bonchev–Trinajstić information content (AvgIpc) is 2.37. The van der Waals surface area contributed by atoms with Crippen LogP contribution in [0.1, 0.15) is 15.9 Å². The number of pyridine rings is 1. The first-order valence-corrected chi connectivity index (χ1v) is 5.94. The third kappa shape index (κ3) is 2.77. The van der Waals surface area contributed by atoms with E-state index in [1.807, 2.05) is 19.1 Å². The van der Waals surface area contributed by atoms with Crippen LogP contribution in [0.15, 0.2) is 30.5 Å². The fourth-order valence-electron chi connectivity index (χ4n) is 1.63. The number of nitrogen functional groups attached to an aromatic ring is 1. The maximum Gasteiger partial charge on any atom is 0.250 e. The second-order valence-electron chi connectivity index (χ2n) is 4.06. The first kappa shape index (κ1) is 13.2. The summed E-state index contributed by atoms with van der Waals surface area (Å²) in [5.41, 5.74) is 13.0. The molecule has 2 aromatic rings. The van der Waals surface area contributed by atoms with Gasteiger partial charge in [-0.25, -0.2) is 4.98 Å². The van der Waals surface area contributed by atoms with Crippen molar-refractivity contribution >= 4 is 34.7 Å². The van der Waals surface area contributed by atoms with E-state index in [0.717, 1.165) is 11.3 Å². The summed E-state index contributed by atoms with van der Waals surface area (Å²) in [4.78, 5) is 15.3. The molecule has 0 aliphatic carbocycles. The van der Waals surface area contributed by atoms with E-state index in [0.29, 0.717) is 10.8 Å². The van der Waals surface area contributed by atoms with Crippen LogP contribution in [-0.4, -0.2) is 10.9 Å². The molecule has 1 amide bonds. The van der Waals surface area contributed by atoms with Gasteiger partial charge in [0.1, 0.15) is 5.82 Å². The van der Waals surface area contributed by atoms with Crippen LogP contribution in [0.25, 0.3) is 0 Å². The van der Waals surface area contributed by atoms with Crippen LogP contribution in [0.4, 0.5) is 17.2 Å². The lowest BCUT2D eigenvalue weighted by Gasteiger charge is -2.11. The predicted octanol–water partition coefficient (Wildman–Crippen LogP) is 2.47. The SMILES string of the molecule is Cc1c(Cl)cccc1Nc1cc(C(N)=O)c(N)cn1. The number of nitrogens with two attached hydrogens (primary N) is 2. The fourth-order valence-corrected chi connectivity index (χ4v) is 1.80. The molecule has 0 fully saturated rings. The molecule has 0 unspecified atom stereocenters. The Bertz CT molecular complexity index is 643. The first-order valence-electron chi connectivity index (χ1n) is 5.56. The van der Waals surface area contributed by atoms with Gasteiger partial charge in [-0.1, -0.05) is 17.7 Å². The number of primary amides is 1. The lowest BCUT2D eigenvalue weighted by molar-refractivity contribution is 0.100. The summed E-state index contributed by atoms with van der Waals surface area (Å²) in [7, 11) is 0. The molecule has 6 heteroatoms. The molecule has 1 heterocycles. The second-order valence-corrected chi connectivity index (χ2v) is 4.47. The van der Waals surface area contributed by atoms with Crippen molar-refractivity contribution < 1.29 is 4.79 Å². The number of anilines is 3. The van der Waals surface area contributed by atoms with Crippen LogP contribution in [-0.2, 0) is 0 Å². The van der Waals surface area contributed by atoms with Gasteiger partial charge in [0.15, 0.2) is 0 Å². The molecule has 2 rings (SSSR count). The van der Waals surface area contributed by atoms with E-state index in [1.165, 1.54) is 12.3 Å². The third-order valence-corrected chi connectivity index (χ3v) is 3.14. The van der Waals surface area contributed by atoms with Crippen molar-refractivity contribution in [3.8, 4) is 0 Å². The summed E-state index contributed by atoms with van der Waals surface area (Å²) in [6.45, 7) is 1.89. The van der Waals surface area contributed by atoms with Gasteiger partial charge in [-0.15, -0.1) is 0 Å². The number of aromatic nitrogens is 1. The van der Waals surface area contributed by atoms with E-state index in [2.05, 4.69) is 10.3 Å². The van der Waals surface area contributed by atoms with Gasteiger partial charge in [-0.05, 0) is 30.7 Å². The molecule has 0 aliphatic heterocycles. The van der Waals surface area contributed by atoms with Gasteiger partial charge in [0.2, 0.25) is 0 Å². The van der Waals surface area contributed by atoms with Gasteiger partial charge < -0.3 is 16.8 Å². The third-order valence-electron chi connectivity index (χ3n) is 2.73. The van der Waals surface area contributed by atoms with E-state index in [9.17, 15) is 4.79 Å². The quantitative estimate of drug-likeness (QED) is 0.803. The summed E-state index contributed by atoms with van der Waals surface area (Å²) in [6.07, 6.45) is 1.39. The smallest absolute Gasteiger partial charge is 0.250 e. The number of nitrogens with zero attached hydrogens (tertiary/aromatic N) is 1. The average molecular weight is 277 g/mol. The number of halogens is 1. The highest BCUT2D eigenvalue weighted by atomic mass is 35.5. The normalized spacial score (nSPS) is 10.2. The zero-order chi connectivity index (χ0) is 14.0. The Labute approximate surface area is 115 Å². The zero-order valence-electron chi connectivity index (χ0n) is 10.3. The first-order chi connectivity index (χ1) is 8.99. The zero-order valence-corrected chi connectivity index (χ0v) is 11.0. The minimum atomic E-state index is -0.592. The van der Waals surface area contributed by atoms with Gasteiger partial charge in [0.05, 0.1) is 17.4 Å². The van der Waals surface area contributed by atoms with E-state index in [4.69, 9.17) is 23.1 Å². The van der Waals surface area contributed by atoms with Gasteiger partial charge in [-0.3, -0.25) is 4.79 Å². The Morgan fingerprint density at radius 2 is 2.16 bits per heavy atom. The minimum Gasteiger partial charge on any atom is -0.397 e. The number of hydrogen-bond donors (Lipinski definition) is 3. The van der Waals surface area contributed by atoms with Crippen molar-refractivity contribution in [3.05, 3.63) is 46.6 Å². The van der Waals surface area contributed by atoms with Crippen LogP contribution in [0.3, 0.4) is 0 Å². The molecule has 1 aromatic heterocycles. The second kappa shape index (κ2) is 5.16. The molecule has 98 valence electrons. The molecule has 19 heavy (non-hydrogen) atoms. The maximum absolute atomic E-state index is 11.2. The van der Waals surface area contributed by atoms with E-state index in [-0.39, 0.29) is 11.3 Å². The summed E-state index contributed by atoms with van der Waals surface area (Å²) in [5, 5.41) is 3.73. The molecular weight excluding hydrogens is 264 g/mol. The van der Waals surface area contributed by atoms with Crippen molar-refractivity contribution in [1.82, 2.24) is 4.98 Å². The van der Waals surface area contributed by atoms with E-state index < -0.39 is 5.91 Å². The molecule has 5 N–H and O–H groups in total. The topological polar surface area (TPSA) is 94.0 Å². The molecule has 0 radical (unpaired) electrons. The molecule has 1 aromatic carbocycles.